The van der Waals surface area contributed by atoms with Crippen LogP contribution in [0.4, 0.5) is 11.5 Å². The Kier molecular flexibility index (Phi) is 8.28. The number of hydrazone groups is 1. The van der Waals surface area contributed by atoms with E-state index in [1.165, 1.54) is 30.5 Å². The van der Waals surface area contributed by atoms with Gasteiger partial charge in [0.15, 0.2) is 23.8 Å². The number of halogens is 1. The van der Waals surface area contributed by atoms with Gasteiger partial charge in [0.05, 0.1) is 22.2 Å². The third-order valence-corrected chi connectivity index (χ3v) is 5.57. The second kappa shape index (κ2) is 12.0. The van der Waals surface area contributed by atoms with Gasteiger partial charge in [-0.05, 0) is 50.9 Å². The van der Waals surface area contributed by atoms with Gasteiger partial charge in [-0.15, -0.1) is 5.10 Å². The van der Waals surface area contributed by atoms with E-state index in [1.54, 1.807) is 19.1 Å². The summed E-state index contributed by atoms with van der Waals surface area (Å²) in [5, 5.41) is 30.3. The van der Waals surface area contributed by atoms with Crippen molar-refractivity contribution in [1.29, 1.82) is 0 Å². The molecule has 5 N–H and O–H groups in total. The van der Waals surface area contributed by atoms with Crippen LogP contribution < -0.4 is 26.4 Å². The number of anilines is 1. The molecule has 40 heavy (non-hydrogen) atoms. The van der Waals surface area contributed by atoms with Crippen molar-refractivity contribution in [3.63, 3.8) is 0 Å². The molecule has 0 spiro atoms. The highest BCUT2D eigenvalue weighted by Crippen LogP contribution is 2.36. The van der Waals surface area contributed by atoms with Crippen LogP contribution in [0.25, 0.3) is 17.1 Å². The van der Waals surface area contributed by atoms with Crippen molar-refractivity contribution in [2.24, 2.45) is 10.8 Å². The number of rotatable bonds is 11. The highest BCUT2D eigenvalue weighted by molar-refractivity contribution is 9.10. The number of nitrogens with one attached hydrogen (secondary N) is 1. The second-order valence-corrected chi connectivity index (χ2v) is 8.55. The van der Waals surface area contributed by atoms with Gasteiger partial charge in [0.1, 0.15) is 5.69 Å². The highest BCUT2D eigenvalue weighted by atomic mass is 79.9. The predicted octanol–water partition coefficient (Wildman–Crippen LogP) is 1.60. The Morgan fingerprint density at radius 3 is 2.75 bits per heavy atom. The molecule has 0 saturated carbocycles. The average molecular weight is 615 g/mol. The number of nitro benzene ring substituents is 1. The standard InChI is InChI=1S/C22H19BrN10O7/c1-2-38-15-7-11(6-14(23)19(15)39-10-16(24)34)9-26-28-22(35)17-18(12-4-3-5-13(8-12)33(36)37)32(31-27-17)21-20(25)29-40-30-21/h3-9H,2,10H2,1H3,(H2,24,34)(H2,25,29)(H,28,35)/b26-9-. The van der Waals surface area contributed by atoms with E-state index in [2.05, 4.69) is 51.7 Å². The smallest absolute Gasteiger partial charge is 0.294 e. The highest BCUT2D eigenvalue weighted by Gasteiger charge is 2.26. The molecule has 0 aliphatic heterocycles. The number of hydrogen-bond acceptors (Lipinski definition) is 13. The first-order valence-corrected chi connectivity index (χ1v) is 12.0. The SMILES string of the molecule is CCOc1cc(/C=N\NC(=O)c2nnn(-c3nonc3N)c2-c2cccc([N+](=O)[O-])c2)cc(Br)c1OCC(N)=O. The molecule has 2 aromatic carbocycles. The zero-order chi connectivity index (χ0) is 28.8. The number of hydrogen-bond donors (Lipinski definition) is 3. The van der Waals surface area contributed by atoms with Gasteiger partial charge in [-0.2, -0.15) is 9.78 Å². The number of nitrogen functional groups attached to an aromatic ring is 1. The van der Waals surface area contributed by atoms with Crippen LogP contribution in [0.5, 0.6) is 11.5 Å². The Morgan fingerprint density at radius 2 is 2.08 bits per heavy atom. The van der Waals surface area contributed by atoms with Gasteiger partial charge in [0.25, 0.3) is 17.5 Å². The van der Waals surface area contributed by atoms with E-state index in [0.29, 0.717) is 22.4 Å². The topological polar surface area (TPSA) is 242 Å². The van der Waals surface area contributed by atoms with Crippen LogP contribution in [-0.4, -0.2) is 61.5 Å². The molecule has 2 heterocycles. The zero-order valence-corrected chi connectivity index (χ0v) is 22.1. The molecule has 0 aliphatic carbocycles. The number of primary amides is 1. The van der Waals surface area contributed by atoms with Crippen LogP contribution in [0.15, 0.2) is 50.6 Å². The largest absolute Gasteiger partial charge is 0.490 e. The quantitative estimate of drug-likeness (QED) is 0.124. The van der Waals surface area contributed by atoms with E-state index in [1.807, 2.05) is 0 Å². The van der Waals surface area contributed by atoms with Crippen LogP contribution >= 0.6 is 15.9 Å². The van der Waals surface area contributed by atoms with Gasteiger partial charge in [-0.3, -0.25) is 19.7 Å². The van der Waals surface area contributed by atoms with Crippen LogP contribution in [0.3, 0.4) is 0 Å². The predicted molar refractivity (Wildman–Crippen MR) is 141 cm³/mol. The van der Waals surface area contributed by atoms with Crippen molar-refractivity contribution in [1.82, 2.24) is 30.7 Å². The van der Waals surface area contributed by atoms with Gasteiger partial charge in [0, 0.05) is 17.7 Å². The minimum absolute atomic E-state index is 0.0242. The van der Waals surface area contributed by atoms with Crippen molar-refractivity contribution in [3.8, 4) is 28.6 Å². The van der Waals surface area contributed by atoms with Gasteiger partial charge in [-0.25, -0.2) is 10.1 Å². The van der Waals surface area contributed by atoms with E-state index in [-0.39, 0.29) is 46.6 Å². The van der Waals surface area contributed by atoms with Gasteiger partial charge >= 0.3 is 0 Å². The molecule has 206 valence electrons. The minimum Gasteiger partial charge on any atom is -0.490 e. The number of nitrogens with two attached hydrogens (primary N) is 2. The number of nitrogens with zero attached hydrogens (tertiary/aromatic N) is 7. The molecule has 0 fully saturated rings. The Labute approximate surface area is 232 Å². The zero-order valence-electron chi connectivity index (χ0n) is 20.5. The van der Waals surface area contributed by atoms with Crippen LogP contribution in [0.2, 0.25) is 0 Å². The minimum atomic E-state index is -0.801. The molecule has 2 aromatic heterocycles. The van der Waals surface area contributed by atoms with Gasteiger partial charge in [-0.1, -0.05) is 17.3 Å². The van der Waals surface area contributed by atoms with Crippen molar-refractivity contribution in [3.05, 3.63) is 62.2 Å². The van der Waals surface area contributed by atoms with Gasteiger partial charge < -0.3 is 20.9 Å². The van der Waals surface area contributed by atoms with Gasteiger partial charge in [0.2, 0.25) is 11.6 Å². The number of benzene rings is 2. The molecule has 2 amide bonds. The molecule has 17 nitrogen and oxygen atoms in total. The number of amides is 2. The fraction of sp³-hybridized carbons (Fsp3) is 0.136. The Hall–Kier alpha value is -5.39. The molecular formula is C22H19BrN10O7. The van der Waals surface area contributed by atoms with E-state index in [4.69, 9.17) is 20.9 Å². The lowest BCUT2D eigenvalue weighted by Crippen LogP contribution is -2.20. The Balaban J connectivity index is 1.64. The molecular weight excluding hydrogens is 596 g/mol. The molecule has 0 bridgehead atoms. The number of aromatic nitrogens is 5. The Bertz CT molecular complexity index is 1620. The van der Waals surface area contributed by atoms with Crippen molar-refractivity contribution in [2.75, 3.05) is 18.9 Å². The van der Waals surface area contributed by atoms with E-state index in [0.717, 1.165) is 4.68 Å². The summed E-state index contributed by atoms with van der Waals surface area (Å²) in [7, 11) is 0. The lowest BCUT2D eigenvalue weighted by molar-refractivity contribution is -0.384. The normalized spacial score (nSPS) is 10.9. The lowest BCUT2D eigenvalue weighted by atomic mass is 10.1. The monoisotopic (exact) mass is 614 g/mol. The Morgan fingerprint density at radius 1 is 1.27 bits per heavy atom. The summed E-state index contributed by atoms with van der Waals surface area (Å²) < 4.78 is 17.1. The summed E-state index contributed by atoms with van der Waals surface area (Å²) in [6.45, 7) is 1.71. The summed E-state index contributed by atoms with van der Waals surface area (Å²) >= 11 is 3.35. The number of non-ortho nitro benzene ring substituents is 1. The molecule has 0 radical (unpaired) electrons. The number of carbonyl (C=O) groups excluding carboxylic acids is 2. The third kappa shape index (κ3) is 6.01. The number of nitro groups is 1. The summed E-state index contributed by atoms with van der Waals surface area (Å²) in [6.07, 6.45) is 1.32. The van der Waals surface area contributed by atoms with Crippen molar-refractivity contribution < 1.29 is 28.6 Å². The first-order valence-electron chi connectivity index (χ1n) is 11.2. The summed E-state index contributed by atoms with van der Waals surface area (Å²) in [5.41, 5.74) is 13.5. The molecule has 18 heteroatoms. The van der Waals surface area contributed by atoms with Crippen molar-refractivity contribution >= 4 is 45.5 Å². The van der Waals surface area contributed by atoms with Crippen molar-refractivity contribution in [2.45, 2.75) is 6.92 Å². The maximum absolute atomic E-state index is 13.1. The number of ether oxygens (including phenoxy) is 2. The molecule has 0 atom stereocenters. The lowest BCUT2D eigenvalue weighted by Gasteiger charge is -2.13. The maximum Gasteiger partial charge on any atom is 0.294 e. The van der Waals surface area contributed by atoms with Crippen LogP contribution in [0.1, 0.15) is 23.0 Å². The first-order chi connectivity index (χ1) is 19.2. The first kappa shape index (κ1) is 27.6. The molecule has 0 unspecified atom stereocenters. The molecule has 4 aromatic rings. The third-order valence-electron chi connectivity index (χ3n) is 4.98. The molecule has 0 saturated heterocycles. The summed E-state index contributed by atoms with van der Waals surface area (Å²) in [6, 6.07) is 8.64. The fourth-order valence-electron chi connectivity index (χ4n) is 3.37. The van der Waals surface area contributed by atoms with Crippen LogP contribution in [0, 0.1) is 10.1 Å². The number of carbonyl (C=O) groups is 2. The molecule has 4 rings (SSSR count). The van der Waals surface area contributed by atoms with Crippen LogP contribution in [-0.2, 0) is 4.79 Å². The molecule has 0 aliphatic rings. The maximum atomic E-state index is 13.1. The summed E-state index contributed by atoms with van der Waals surface area (Å²) in [4.78, 5) is 34.9. The second-order valence-electron chi connectivity index (χ2n) is 7.70. The average Bonchev–Trinajstić information content (AvgIpc) is 3.54. The fourth-order valence-corrected chi connectivity index (χ4v) is 3.95. The van der Waals surface area contributed by atoms with E-state index in [9.17, 15) is 19.7 Å². The van der Waals surface area contributed by atoms with E-state index >= 15 is 0 Å². The van der Waals surface area contributed by atoms with E-state index < -0.39 is 16.7 Å². The summed E-state index contributed by atoms with van der Waals surface area (Å²) in [5.74, 6) is -1.12.